The van der Waals surface area contributed by atoms with Crippen LogP contribution in [0.25, 0.3) is 0 Å². The number of nitrogens with one attached hydrogen (secondary N) is 2. The van der Waals surface area contributed by atoms with Crippen molar-refractivity contribution >= 4 is 12.0 Å². The normalized spacial score (nSPS) is 16.8. The van der Waals surface area contributed by atoms with Gasteiger partial charge in [0, 0.05) is 7.11 Å². The number of nitrogens with two attached hydrogens (primary N) is 1. The Kier molecular flexibility index (Phi) is 13.6. The second-order valence-corrected chi connectivity index (χ2v) is 6.30. The summed E-state index contributed by atoms with van der Waals surface area (Å²) in [5.74, 6) is -0.611. The molecule has 3 atom stereocenters. The van der Waals surface area contributed by atoms with Crippen molar-refractivity contribution < 1.29 is 29.4 Å². The molecule has 1 fully saturated rings. The third kappa shape index (κ3) is 8.75. The van der Waals surface area contributed by atoms with E-state index in [0.717, 1.165) is 39.2 Å². The molecule has 1 aromatic rings. The van der Waals surface area contributed by atoms with Gasteiger partial charge in [0.2, 0.25) is 5.89 Å². The third-order valence-electron chi connectivity index (χ3n) is 4.38. The zero-order valence-corrected chi connectivity index (χ0v) is 17.6. The standard InChI is InChI=1S/C15H25N5O5.C2H6.CH4O/c1-8(21)11(14(22)23)18-15(24)19-12(9-5-3-2-4-6-9)13-17-10(7-16)20-25-13;2*1-2/h8-9,11-12,21H,2-7,16H2,1H3,(H,22,23)(H2,18,19,24);1-2H3;2H,1H3. The van der Waals surface area contributed by atoms with Crippen molar-refractivity contribution in [3.05, 3.63) is 11.7 Å². The molecule has 0 spiro atoms. The van der Waals surface area contributed by atoms with Gasteiger partial charge in [0.15, 0.2) is 11.9 Å². The Labute approximate surface area is 171 Å². The summed E-state index contributed by atoms with van der Waals surface area (Å²) in [6, 6.07) is -2.65. The Morgan fingerprint density at radius 2 is 1.79 bits per heavy atom. The number of aliphatic hydroxyl groups is 2. The smallest absolute Gasteiger partial charge is 0.328 e. The molecule has 2 amide bonds. The van der Waals surface area contributed by atoms with Gasteiger partial charge >= 0.3 is 12.0 Å². The van der Waals surface area contributed by atoms with E-state index in [9.17, 15) is 14.7 Å². The lowest BCUT2D eigenvalue weighted by Crippen LogP contribution is -2.52. The van der Waals surface area contributed by atoms with E-state index in [0.29, 0.717) is 5.82 Å². The third-order valence-corrected chi connectivity index (χ3v) is 4.38. The van der Waals surface area contributed by atoms with Crippen LogP contribution in [-0.2, 0) is 11.3 Å². The van der Waals surface area contributed by atoms with E-state index in [-0.39, 0.29) is 18.4 Å². The molecule has 1 heterocycles. The Bertz CT molecular complexity index is 589. The van der Waals surface area contributed by atoms with E-state index in [1.165, 1.54) is 6.92 Å². The van der Waals surface area contributed by atoms with Gasteiger partial charge in [-0.1, -0.05) is 38.3 Å². The molecule has 1 aliphatic rings. The van der Waals surface area contributed by atoms with Crippen LogP contribution in [0.3, 0.4) is 0 Å². The van der Waals surface area contributed by atoms with E-state index in [4.69, 9.17) is 20.5 Å². The highest BCUT2D eigenvalue weighted by molar-refractivity contribution is 5.83. The van der Waals surface area contributed by atoms with Crippen LogP contribution in [0.5, 0.6) is 0 Å². The fourth-order valence-electron chi connectivity index (χ4n) is 3.04. The molecule has 0 bridgehead atoms. The Morgan fingerprint density at radius 3 is 2.24 bits per heavy atom. The monoisotopic (exact) mass is 417 g/mol. The number of carbonyl (C=O) groups is 2. The molecule has 11 nitrogen and oxygen atoms in total. The molecule has 1 aliphatic carbocycles. The number of aliphatic hydroxyl groups excluding tert-OH is 2. The van der Waals surface area contributed by atoms with Crippen LogP contribution in [0.2, 0.25) is 0 Å². The molecule has 0 aliphatic heterocycles. The van der Waals surface area contributed by atoms with Crippen LogP contribution in [0.15, 0.2) is 4.52 Å². The van der Waals surface area contributed by atoms with Crippen molar-refractivity contribution in [3.63, 3.8) is 0 Å². The summed E-state index contributed by atoms with van der Waals surface area (Å²) in [5, 5.41) is 34.3. The van der Waals surface area contributed by atoms with Crippen molar-refractivity contribution in [1.82, 2.24) is 20.8 Å². The maximum atomic E-state index is 12.3. The van der Waals surface area contributed by atoms with E-state index >= 15 is 0 Å². The second kappa shape index (κ2) is 14.7. The first kappa shape index (κ1) is 26.8. The average Bonchev–Trinajstić information content (AvgIpc) is 3.22. The molecule has 0 aromatic carbocycles. The van der Waals surface area contributed by atoms with Crippen LogP contribution in [0.4, 0.5) is 4.79 Å². The number of urea groups is 1. The van der Waals surface area contributed by atoms with Crippen molar-refractivity contribution in [3.8, 4) is 0 Å². The first-order valence-electron chi connectivity index (χ1n) is 9.87. The number of hydrogen-bond donors (Lipinski definition) is 6. The molecule has 0 saturated heterocycles. The average molecular weight is 418 g/mol. The lowest BCUT2D eigenvalue weighted by atomic mass is 9.84. The predicted molar refractivity (Wildman–Crippen MR) is 106 cm³/mol. The van der Waals surface area contributed by atoms with Gasteiger partial charge in [0.25, 0.3) is 0 Å². The molecule has 1 aromatic heterocycles. The van der Waals surface area contributed by atoms with E-state index in [2.05, 4.69) is 20.8 Å². The Balaban J connectivity index is 0.00000184. The van der Waals surface area contributed by atoms with Gasteiger partial charge in [-0.3, -0.25) is 0 Å². The minimum Gasteiger partial charge on any atom is -0.480 e. The first-order chi connectivity index (χ1) is 13.9. The van der Waals surface area contributed by atoms with Crippen molar-refractivity contribution in [2.45, 2.75) is 77.6 Å². The van der Waals surface area contributed by atoms with Gasteiger partial charge in [0.1, 0.15) is 6.04 Å². The molecule has 7 N–H and O–H groups in total. The van der Waals surface area contributed by atoms with Crippen molar-refractivity contribution in [2.75, 3.05) is 7.11 Å². The topological polar surface area (TPSA) is 184 Å². The zero-order chi connectivity index (χ0) is 22.4. The van der Waals surface area contributed by atoms with Crippen molar-refractivity contribution in [1.29, 1.82) is 0 Å². The molecule has 0 radical (unpaired) electrons. The largest absolute Gasteiger partial charge is 0.480 e. The summed E-state index contributed by atoms with van der Waals surface area (Å²) in [6.45, 7) is 5.42. The summed E-state index contributed by atoms with van der Waals surface area (Å²) >= 11 is 0. The van der Waals surface area contributed by atoms with Gasteiger partial charge < -0.3 is 36.2 Å². The number of carboxylic acid groups (broad SMARTS) is 1. The fraction of sp³-hybridized carbons (Fsp3) is 0.778. The number of aliphatic carboxylic acids is 1. The summed E-state index contributed by atoms with van der Waals surface area (Å²) < 4.78 is 5.22. The summed E-state index contributed by atoms with van der Waals surface area (Å²) in [5.41, 5.74) is 5.50. The molecule has 29 heavy (non-hydrogen) atoms. The fourth-order valence-corrected chi connectivity index (χ4v) is 3.04. The molecule has 1 saturated carbocycles. The molecule has 2 rings (SSSR count). The van der Waals surface area contributed by atoms with Crippen LogP contribution in [-0.4, -0.2) is 56.7 Å². The van der Waals surface area contributed by atoms with E-state index in [1.54, 1.807) is 0 Å². The number of carbonyl (C=O) groups excluding carboxylic acids is 1. The maximum absolute atomic E-state index is 12.3. The maximum Gasteiger partial charge on any atom is 0.328 e. The highest BCUT2D eigenvalue weighted by Crippen LogP contribution is 2.33. The van der Waals surface area contributed by atoms with Crippen LogP contribution < -0.4 is 16.4 Å². The summed E-state index contributed by atoms with van der Waals surface area (Å²) in [6.07, 6.45) is 3.76. The van der Waals surface area contributed by atoms with Gasteiger partial charge in [-0.2, -0.15) is 4.98 Å². The quantitative estimate of drug-likeness (QED) is 0.375. The number of amides is 2. The zero-order valence-electron chi connectivity index (χ0n) is 17.6. The van der Waals surface area contributed by atoms with Crippen molar-refractivity contribution in [2.24, 2.45) is 11.7 Å². The Hall–Kier alpha value is -2.24. The minimum atomic E-state index is -1.41. The first-order valence-corrected chi connectivity index (χ1v) is 9.87. The summed E-state index contributed by atoms with van der Waals surface area (Å²) in [4.78, 5) is 27.6. The lowest BCUT2D eigenvalue weighted by molar-refractivity contribution is -0.141. The second-order valence-electron chi connectivity index (χ2n) is 6.30. The molecule has 168 valence electrons. The number of carboxylic acids is 1. The minimum absolute atomic E-state index is 0.111. The van der Waals surface area contributed by atoms with Crippen LogP contribution >= 0.6 is 0 Å². The number of hydrogen-bond acceptors (Lipinski definition) is 8. The van der Waals surface area contributed by atoms with Crippen LogP contribution in [0, 0.1) is 5.92 Å². The predicted octanol–water partition coefficient (Wildman–Crippen LogP) is 0.918. The van der Waals surface area contributed by atoms with Crippen LogP contribution in [0.1, 0.15) is 70.6 Å². The van der Waals surface area contributed by atoms with Gasteiger partial charge in [-0.25, -0.2) is 9.59 Å². The lowest BCUT2D eigenvalue weighted by Gasteiger charge is -2.29. The summed E-state index contributed by atoms with van der Waals surface area (Å²) in [7, 11) is 1.00. The SMILES string of the molecule is CC.CC(O)C(NC(=O)NC(c1nc(CN)no1)C1CCCCC1)C(=O)O.CO. The highest BCUT2D eigenvalue weighted by atomic mass is 16.5. The molecular weight excluding hydrogens is 382 g/mol. The Morgan fingerprint density at radius 1 is 1.21 bits per heavy atom. The van der Waals surface area contributed by atoms with Gasteiger partial charge in [0.05, 0.1) is 12.6 Å². The highest BCUT2D eigenvalue weighted by Gasteiger charge is 2.32. The number of aromatic nitrogens is 2. The van der Waals surface area contributed by atoms with E-state index in [1.807, 2.05) is 13.8 Å². The van der Waals surface area contributed by atoms with Gasteiger partial charge in [-0.15, -0.1) is 0 Å². The molecular formula is C18H35N5O6. The molecule has 11 heteroatoms. The number of nitrogens with zero attached hydrogens (tertiary/aromatic N) is 2. The van der Waals surface area contributed by atoms with E-state index < -0.39 is 30.2 Å². The van der Waals surface area contributed by atoms with Gasteiger partial charge in [-0.05, 0) is 25.7 Å². The number of rotatable bonds is 7. The molecule has 3 unspecified atom stereocenters.